The van der Waals surface area contributed by atoms with Crippen molar-refractivity contribution in [3.63, 3.8) is 0 Å². The van der Waals surface area contributed by atoms with Gasteiger partial charge in [-0.25, -0.2) is 19.2 Å². The number of carbonyl (C=O) groups excluding carboxylic acids is 1. The molecular formula is C15H13ClFN3O3. The Morgan fingerprint density at radius 3 is 2.65 bits per heavy atom. The van der Waals surface area contributed by atoms with Gasteiger partial charge in [0, 0.05) is 5.56 Å². The van der Waals surface area contributed by atoms with Crippen LogP contribution in [0.5, 0.6) is 5.75 Å². The van der Waals surface area contributed by atoms with Crippen LogP contribution in [-0.4, -0.2) is 30.2 Å². The molecule has 2 N–H and O–H groups in total. The van der Waals surface area contributed by atoms with E-state index in [9.17, 15) is 9.18 Å². The SMILES string of the molecule is C=Cc1c(N)nc(-c2cc(OC)c(Cl)cc2F)nc1C(=O)OC. The predicted molar refractivity (Wildman–Crippen MR) is 84.8 cm³/mol. The van der Waals surface area contributed by atoms with Crippen LogP contribution in [0.4, 0.5) is 10.2 Å². The molecule has 0 fully saturated rings. The highest BCUT2D eigenvalue weighted by molar-refractivity contribution is 6.32. The van der Waals surface area contributed by atoms with E-state index in [1.165, 1.54) is 26.4 Å². The zero-order valence-corrected chi connectivity index (χ0v) is 13.1. The van der Waals surface area contributed by atoms with Gasteiger partial charge in [-0.2, -0.15) is 0 Å². The molecule has 0 radical (unpaired) electrons. The summed E-state index contributed by atoms with van der Waals surface area (Å²) in [6.45, 7) is 3.55. The highest BCUT2D eigenvalue weighted by Gasteiger charge is 2.21. The van der Waals surface area contributed by atoms with Crippen LogP contribution in [0.2, 0.25) is 5.02 Å². The van der Waals surface area contributed by atoms with Gasteiger partial charge < -0.3 is 15.2 Å². The Balaban J connectivity index is 2.72. The number of hydrogen-bond acceptors (Lipinski definition) is 6. The summed E-state index contributed by atoms with van der Waals surface area (Å²) in [5.74, 6) is -1.31. The molecule has 0 aliphatic carbocycles. The number of benzene rings is 1. The van der Waals surface area contributed by atoms with Gasteiger partial charge in [0.15, 0.2) is 11.5 Å². The van der Waals surface area contributed by atoms with E-state index in [4.69, 9.17) is 22.1 Å². The topological polar surface area (TPSA) is 87.3 Å². The Bertz CT molecular complexity index is 796. The van der Waals surface area contributed by atoms with Gasteiger partial charge >= 0.3 is 5.97 Å². The summed E-state index contributed by atoms with van der Waals surface area (Å²) in [6.07, 6.45) is 1.32. The summed E-state index contributed by atoms with van der Waals surface area (Å²) in [7, 11) is 2.58. The summed E-state index contributed by atoms with van der Waals surface area (Å²) in [4.78, 5) is 19.9. The van der Waals surface area contributed by atoms with E-state index >= 15 is 0 Å². The summed E-state index contributed by atoms with van der Waals surface area (Å²) in [5, 5.41) is 0.0950. The lowest BCUT2D eigenvalue weighted by Crippen LogP contribution is -2.12. The number of nitrogens with two attached hydrogens (primary N) is 1. The minimum Gasteiger partial charge on any atom is -0.495 e. The second-order valence-corrected chi connectivity index (χ2v) is 4.76. The Kier molecular flexibility index (Phi) is 4.80. The van der Waals surface area contributed by atoms with Crippen LogP contribution < -0.4 is 10.5 Å². The van der Waals surface area contributed by atoms with Crippen LogP contribution in [0, 0.1) is 5.82 Å². The molecule has 23 heavy (non-hydrogen) atoms. The highest BCUT2D eigenvalue weighted by Crippen LogP contribution is 2.32. The number of carbonyl (C=O) groups is 1. The zero-order valence-electron chi connectivity index (χ0n) is 12.4. The Morgan fingerprint density at radius 2 is 2.09 bits per heavy atom. The predicted octanol–water partition coefficient (Wildman–Crippen LogP) is 2.96. The number of halogens is 2. The zero-order chi connectivity index (χ0) is 17.1. The minimum atomic E-state index is -0.739. The van der Waals surface area contributed by atoms with E-state index < -0.39 is 11.8 Å². The van der Waals surface area contributed by atoms with Crippen molar-refractivity contribution in [2.24, 2.45) is 0 Å². The second kappa shape index (κ2) is 6.62. The van der Waals surface area contributed by atoms with E-state index in [1.807, 2.05) is 0 Å². The van der Waals surface area contributed by atoms with Gasteiger partial charge in [0.2, 0.25) is 0 Å². The van der Waals surface area contributed by atoms with Gasteiger partial charge in [-0.05, 0) is 12.1 Å². The Labute approximate surface area is 136 Å². The first-order valence-electron chi connectivity index (χ1n) is 6.34. The quantitative estimate of drug-likeness (QED) is 0.863. The van der Waals surface area contributed by atoms with Crippen LogP contribution in [0.15, 0.2) is 18.7 Å². The van der Waals surface area contributed by atoms with Gasteiger partial charge in [0.05, 0.1) is 24.8 Å². The average Bonchev–Trinajstić information content (AvgIpc) is 2.53. The van der Waals surface area contributed by atoms with E-state index in [0.717, 1.165) is 6.07 Å². The van der Waals surface area contributed by atoms with Crippen LogP contribution in [0.25, 0.3) is 17.5 Å². The number of methoxy groups -OCH3 is 2. The van der Waals surface area contributed by atoms with Gasteiger partial charge in [0.25, 0.3) is 0 Å². The highest BCUT2D eigenvalue weighted by atomic mass is 35.5. The number of ether oxygens (including phenoxy) is 2. The molecule has 0 spiro atoms. The van der Waals surface area contributed by atoms with Gasteiger partial charge in [0.1, 0.15) is 17.4 Å². The van der Waals surface area contributed by atoms with Crippen molar-refractivity contribution in [3.05, 3.63) is 40.8 Å². The molecule has 2 aromatic rings. The van der Waals surface area contributed by atoms with Crippen molar-refractivity contribution in [3.8, 4) is 17.1 Å². The summed E-state index contributed by atoms with van der Waals surface area (Å²) < 4.78 is 23.9. The van der Waals surface area contributed by atoms with E-state index in [1.54, 1.807) is 0 Å². The molecule has 0 unspecified atom stereocenters. The Morgan fingerprint density at radius 1 is 1.39 bits per heavy atom. The molecule has 120 valence electrons. The van der Waals surface area contributed by atoms with Gasteiger partial charge in [-0.1, -0.05) is 24.3 Å². The number of hydrogen-bond donors (Lipinski definition) is 1. The molecule has 1 heterocycles. The summed E-state index contributed by atoms with van der Waals surface area (Å²) in [5.41, 5.74) is 5.89. The maximum atomic E-state index is 14.2. The number of esters is 1. The summed E-state index contributed by atoms with van der Waals surface area (Å²) >= 11 is 5.85. The van der Waals surface area contributed by atoms with Crippen molar-refractivity contribution >= 4 is 29.5 Å². The van der Waals surface area contributed by atoms with Crippen molar-refractivity contribution in [1.82, 2.24) is 9.97 Å². The Hall–Kier alpha value is -2.67. The number of nitrogen functional groups attached to an aromatic ring is 1. The molecule has 6 nitrogen and oxygen atoms in total. The first-order valence-corrected chi connectivity index (χ1v) is 6.72. The van der Waals surface area contributed by atoms with Crippen LogP contribution in [0.3, 0.4) is 0 Å². The lowest BCUT2D eigenvalue weighted by atomic mass is 10.1. The molecule has 0 aliphatic rings. The van der Waals surface area contributed by atoms with Gasteiger partial charge in [-0.15, -0.1) is 0 Å². The number of rotatable bonds is 4. The van der Waals surface area contributed by atoms with Crippen molar-refractivity contribution in [2.75, 3.05) is 20.0 Å². The maximum Gasteiger partial charge on any atom is 0.357 e. The fraction of sp³-hybridized carbons (Fsp3) is 0.133. The van der Waals surface area contributed by atoms with Crippen LogP contribution in [-0.2, 0) is 4.74 Å². The van der Waals surface area contributed by atoms with E-state index in [-0.39, 0.29) is 39.2 Å². The van der Waals surface area contributed by atoms with Crippen LogP contribution >= 0.6 is 11.6 Å². The second-order valence-electron chi connectivity index (χ2n) is 4.36. The van der Waals surface area contributed by atoms with Crippen molar-refractivity contribution in [1.29, 1.82) is 0 Å². The molecule has 8 heteroatoms. The molecule has 0 bridgehead atoms. The van der Waals surface area contributed by atoms with Crippen molar-refractivity contribution < 1.29 is 18.7 Å². The minimum absolute atomic E-state index is 0.0151. The molecule has 0 saturated heterocycles. The molecule has 0 amide bonds. The molecule has 1 aromatic carbocycles. The fourth-order valence-corrected chi connectivity index (χ4v) is 2.15. The molecule has 0 aliphatic heterocycles. The first-order chi connectivity index (χ1) is 10.9. The third-order valence-electron chi connectivity index (χ3n) is 3.04. The standard InChI is InChI=1S/C15H13ClFN3O3/c1-4-7-12(15(21)23-3)19-14(20-13(7)18)8-5-11(22-2)9(16)6-10(8)17/h4-6H,1H2,2-3H3,(H2,18,19,20). The molecular weight excluding hydrogens is 325 g/mol. The van der Waals surface area contributed by atoms with Gasteiger partial charge in [-0.3, -0.25) is 0 Å². The monoisotopic (exact) mass is 337 g/mol. The maximum absolute atomic E-state index is 14.2. The lowest BCUT2D eigenvalue weighted by molar-refractivity contribution is 0.0593. The smallest absolute Gasteiger partial charge is 0.357 e. The average molecular weight is 338 g/mol. The molecule has 2 rings (SSSR count). The fourth-order valence-electron chi connectivity index (χ4n) is 1.92. The third-order valence-corrected chi connectivity index (χ3v) is 3.34. The molecule has 0 atom stereocenters. The third kappa shape index (κ3) is 3.09. The van der Waals surface area contributed by atoms with E-state index in [0.29, 0.717) is 0 Å². The molecule has 1 aromatic heterocycles. The lowest BCUT2D eigenvalue weighted by Gasteiger charge is -2.11. The molecule has 0 saturated carbocycles. The van der Waals surface area contributed by atoms with Crippen molar-refractivity contribution in [2.45, 2.75) is 0 Å². The van der Waals surface area contributed by atoms with Crippen LogP contribution in [0.1, 0.15) is 16.1 Å². The normalized spacial score (nSPS) is 10.3. The first kappa shape index (κ1) is 16.7. The van der Waals surface area contributed by atoms with E-state index in [2.05, 4.69) is 21.3 Å². The number of nitrogens with zero attached hydrogens (tertiary/aromatic N) is 2. The number of aromatic nitrogens is 2. The number of anilines is 1. The largest absolute Gasteiger partial charge is 0.495 e. The summed E-state index contributed by atoms with van der Waals surface area (Å²) in [6, 6.07) is 2.38.